The lowest BCUT2D eigenvalue weighted by molar-refractivity contribution is 0.0985. The van der Waals surface area contributed by atoms with Gasteiger partial charge in [-0.05, 0) is 24.3 Å². The Hall–Kier alpha value is -3.60. The first-order chi connectivity index (χ1) is 13.5. The van der Waals surface area contributed by atoms with E-state index in [1.54, 1.807) is 31.2 Å². The summed E-state index contributed by atoms with van der Waals surface area (Å²) in [6.45, 7) is 2.17. The largest absolute Gasteiger partial charge is 0.507 e. The van der Waals surface area contributed by atoms with Crippen LogP contribution in [0.2, 0.25) is 0 Å². The first kappa shape index (κ1) is 17.8. The first-order valence-electron chi connectivity index (χ1n) is 8.99. The van der Waals surface area contributed by atoms with Gasteiger partial charge in [0.2, 0.25) is 0 Å². The van der Waals surface area contributed by atoms with Crippen LogP contribution in [-0.2, 0) is 0 Å². The number of nitriles is 1. The Labute approximate surface area is 161 Å². The number of rotatable bonds is 4. The van der Waals surface area contributed by atoms with Crippen LogP contribution >= 0.6 is 0 Å². The predicted octanol–water partition coefficient (Wildman–Crippen LogP) is 2.55. The quantitative estimate of drug-likeness (QED) is 0.702. The molecule has 1 aliphatic heterocycles. The molecule has 1 aliphatic carbocycles. The minimum absolute atomic E-state index is 0.0325. The third-order valence-corrected chi connectivity index (χ3v) is 5.16. The van der Waals surface area contributed by atoms with Crippen molar-refractivity contribution in [3.63, 3.8) is 0 Å². The van der Waals surface area contributed by atoms with Gasteiger partial charge in [0.05, 0.1) is 17.7 Å². The molecule has 2 amide bonds. The van der Waals surface area contributed by atoms with Crippen molar-refractivity contribution < 1.29 is 19.4 Å². The average Bonchev–Trinajstić information content (AvgIpc) is 3.40. The number of amides is 2. The Balaban J connectivity index is 1.48. The minimum Gasteiger partial charge on any atom is -0.507 e. The molecule has 3 N–H and O–H groups in total. The van der Waals surface area contributed by atoms with Crippen molar-refractivity contribution in [1.29, 1.82) is 5.26 Å². The van der Waals surface area contributed by atoms with Gasteiger partial charge >= 0.3 is 6.03 Å². The van der Waals surface area contributed by atoms with Crippen LogP contribution in [0.3, 0.4) is 0 Å². The molecule has 1 fully saturated rings. The van der Waals surface area contributed by atoms with E-state index >= 15 is 0 Å². The number of urea groups is 1. The number of aromatic nitrogens is 1. The number of nitrogens with one attached hydrogen (secondary N) is 2. The molecule has 8 nitrogen and oxygen atoms in total. The van der Waals surface area contributed by atoms with Crippen LogP contribution in [0.5, 0.6) is 11.5 Å². The van der Waals surface area contributed by atoms with Gasteiger partial charge in [-0.2, -0.15) is 5.26 Å². The van der Waals surface area contributed by atoms with Crippen LogP contribution < -0.4 is 15.4 Å². The van der Waals surface area contributed by atoms with Gasteiger partial charge in [0, 0.05) is 36.1 Å². The van der Waals surface area contributed by atoms with Gasteiger partial charge in [0.15, 0.2) is 5.78 Å². The standard InChI is InChI=1S/C20H18N4O4/c1-2-13(25)11-4-5-14-17(19(11)26)16-12(9-28-14)18(16)24-20(27)23-15-6-3-10(7-21)8-22-15/h3-6,8,12,16,18,26H,2,9H2,1H3,(H2,22,23,24,27)/t12-,16-,18?/m0/s1. The lowest BCUT2D eigenvalue weighted by Gasteiger charge is -2.18. The molecule has 2 aromatic rings. The lowest BCUT2D eigenvalue weighted by Crippen LogP contribution is -2.32. The summed E-state index contributed by atoms with van der Waals surface area (Å²) in [5.74, 6) is 0.605. The summed E-state index contributed by atoms with van der Waals surface area (Å²) in [5.41, 5.74) is 1.26. The number of ether oxygens (including phenoxy) is 1. The highest BCUT2D eigenvalue weighted by atomic mass is 16.5. The Kier molecular flexibility index (Phi) is 4.35. The molecule has 0 saturated heterocycles. The summed E-state index contributed by atoms with van der Waals surface area (Å²) < 4.78 is 5.70. The summed E-state index contributed by atoms with van der Waals surface area (Å²) in [4.78, 5) is 28.3. The van der Waals surface area contributed by atoms with Crippen LogP contribution in [0.4, 0.5) is 10.6 Å². The second-order valence-electron chi connectivity index (χ2n) is 6.82. The number of carbonyl (C=O) groups is 2. The third kappa shape index (κ3) is 3.01. The Morgan fingerprint density at radius 1 is 1.36 bits per heavy atom. The van der Waals surface area contributed by atoms with Gasteiger partial charge in [-0.1, -0.05) is 6.92 Å². The number of benzene rings is 1. The molecule has 142 valence electrons. The molecule has 8 heteroatoms. The molecule has 1 unspecified atom stereocenters. The Morgan fingerprint density at radius 3 is 2.86 bits per heavy atom. The van der Waals surface area contributed by atoms with E-state index in [0.717, 1.165) is 0 Å². The van der Waals surface area contributed by atoms with E-state index < -0.39 is 6.03 Å². The zero-order valence-electron chi connectivity index (χ0n) is 15.1. The maximum atomic E-state index is 12.3. The van der Waals surface area contributed by atoms with Crippen molar-refractivity contribution in [3.8, 4) is 17.6 Å². The monoisotopic (exact) mass is 378 g/mol. The van der Waals surface area contributed by atoms with Crippen LogP contribution in [0.25, 0.3) is 0 Å². The number of anilines is 1. The number of fused-ring (bicyclic) bond motifs is 3. The van der Waals surface area contributed by atoms with Crippen molar-refractivity contribution in [2.75, 3.05) is 11.9 Å². The summed E-state index contributed by atoms with van der Waals surface area (Å²) in [7, 11) is 0. The zero-order valence-corrected chi connectivity index (χ0v) is 15.1. The molecule has 2 heterocycles. The van der Waals surface area contributed by atoms with Crippen molar-refractivity contribution in [2.45, 2.75) is 25.3 Å². The number of ketones is 1. The number of Topliss-reactive ketones (excluding diaryl/α,β-unsaturated/α-hetero) is 1. The number of pyridine rings is 1. The van der Waals surface area contributed by atoms with Crippen LogP contribution in [0.1, 0.15) is 40.7 Å². The second kappa shape index (κ2) is 6.85. The van der Waals surface area contributed by atoms with Gasteiger partial charge in [-0.15, -0.1) is 0 Å². The summed E-state index contributed by atoms with van der Waals surface area (Å²) in [6, 6.07) is 7.71. The normalized spacial score (nSPS) is 21.4. The fourth-order valence-corrected chi connectivity index (χ4v) is 3.65. The van der Waals surface area contributed by atoms with Gasteiger partial charge < -0.3 is 15.2 Å². The molecular weight excluding hydrogens is 360 g/mol. The van der Waals surface area contributed by atoms with E-state index in [4.69, 9.17) is 10.00 Å². The molecule has 28 heavy (non-hydrogen) atoms. The smallest absolute Gasteiger partial charge is 0.320 e. The number of aromatic hydroxyl groups is 1. The van der Waals surface area contributed by atoms with Crippen LogP contribution in [-0.4, -0.2) is 34.6 Å². The molecule has 2 aliphatic rings. The van der Waals surface area contributed by atoms with Crippen molar-refractivity contribution >= 4 is 17.6 Å². The van der Waals surface area contributed by atoms with Gasteiger partial charge in [0.25, 0.3) is 0 Å². The van der Waals surface area contributed by atoms with Gasteiger partial charge in [0.1, 0.15) is 23.4 Å². The SMILES string of the molecule is CCC(=O)c1ccc2c(c1O)[C@H]1C(NC(=O)Nc3ccc(C#N)cn3)[C@H]1CO2. The topological polar surface area (TPSA) is 124 Å². The minimum atomic E-state index is -0.432. The van der Waals surface area contributed by atoms with E-state index in [2.05, 4.69) is 15.6 Å². The molecule has 0 bridgehead atoms. The number of hydrogen-bond acceptors (Lipinski definition) is 6. The number of phenolic OH excluding ortho intramolecular Hbond substituents is 1. The molecule has 0 spiro atoms. The highest BCUT2D eigenvalue weighted by Crippen LogP contribution is 2.57. The zero-order chi connectivity index (χ0) is 19.8. The number of nitrogens with zero attached hydrogens (tertiary/aromatic N) is 2. The number of hydrogen-bond donors (Lipinski definition) is 3. The van der Waals surface area contributed by atoms with E-state index in [1.807, 2.05) is 6.07 Å². The lowest BCUT2D eigenvalue weighted by atomic mass is 9.98. The Bertz CT molecular complexity index is 997. The maximum Gasteiger partial charge on any atom is 0.320 e. The molecule has 1 aromatic heterocycles. The second-order valence-corrected chi connectivity index (χ2v) is 6.82. The molecule has 4 rings (SSSR count). The molecule has 3 atom stereocenters. The molecular formula is C20H18N4O4. The van der Waals surface area contributed by atoms with E-state index in [1.165, 1.54) is 6.20 Å². The van der Waals surface area contributed by atoms with Crippen molar-refractivity contribution in [2.24, 2.45) is 5.92 Å². The van der Waals surface area contributed by atoms with Crippen molar-refractivity contribution in [3.05, 3.63) is 47.2 Å². The first-order valence-corrected chi connectivity index (χ1v) is 8.99. The highest BCUT2D eigenvalue weighted by Gasteiger charge is 2.57. The van der Waals surface area contributed by atoms with Gasteiger partial charge in [-0.3, -0.25) is 10.1 Å². The Morgan fingerprint density at radius 2 is 2.18 bits per heavy atom. The summed E-state index contributed by atoms with van der Waals surface area (Å²) in [6.07, 6.45) is 1.67. The van der Waals surface area contributed by atoms with E-state index in [9.17, 15) is 14.7 Å². The maximum absolute atomic E-state index is 12.3. The fourth-order valence-electron chi connectivity index (χ4n) is 3.65. The predicted molar refractivity (Wildman–Crippen MR) is 99.3 cm³/mol. The summed E-state index contributed by atoms with van der Waals surface area (Å²) >= 11 is 0. The number of phenols is 1. The van der Waals surface area contributed by atoms with Crippen LogP contribution in [0.15, 0.2) is 30.5 Å². The summed E-state index contributed by atoms with van der Waals surface area (Å²) in [5, 5.41) is 24.9. The molecule has 1 saturated carbocycles. The third-order valence-electron chi connectivity index (χ3n) is 5.16. The molecule has 0 radical (unpaired) electrons. The highest BCUT2D eigenvalue weighted by molar-refractivity contribution is 5.99. The van der Waals surface area contributed by atoms with E-state index in [-0.39, 0.29) is 35.0 Å². The van der Waals surface area contributed by atoms with Crippen molar-refractivity contribution in [1.82, 2.24) is 10.3 Å². The van der Waals surface area contributed by atoms with Crippen LogP contribution in [0, 0.1) is 17.2 Å². The fraction of sp³-hybridized carbons (Fsp3) is 0.300. The van der Waals surface area contributed by atoms with E-state index in [0.29, 0.717) is 35.7 Å². The van der Waals surface area contributed by atoms with Gasteiger partial charge in [-0.25, -0.2) is 9.78 Å². The average molecular weight is 378 g/mol. The number of carbonyl (C=O) groups excluding carboxylic acids is 2. The molecule has 1 aromatic carbocycles.